The van der Waals surface area contributed by atoms with E-state index in [2.05, 4.69) is 56.1 Å². The Labute approximate surface area is 272 Å². The van der Waals surface area contributed by atoms with Crippen LogP contribution in [0, 0.1) is 12.1 Å². The van der Waals surface area contributed by atoms with Gasteiger partial charge in [0.15, 0.2) is 5.65 Å². The van der Waals surface area contributed by atoms with E-state index in [1.165, 1.54) is 0 Å². The summed E-state index contributed by atoms with van der Waals surface area (Å²) >= 11 is 0. The van der Waals surface area contributed by atoms with Gasteiger partial charge < -0.3 is 14.0 Å². The number of rotatable bonds is 3. The Morgan fingerprint density at radius 2 is 1.40 bits per heavy atom. The number of para-hydroxylation sites is 2. The van der Waals surface area contributed by atoms with E-state index in [0.29, 0.717) is 5.65 Å². The van der Waals surface area contributed by atoms with Gasteiger partial charge in [0.05, 0.1) is 22.4 Å². The molecule has 0 aliphatic rings. The van der Waals surface area contributed by atoms with Crippen LogP contribution in [-0.4, -0.2) is 24.7 Å². The van der Waals surface area contributed by atoms with E-state index in [0.717, 1.165) is 66.7 Å². The minimum absolute atomic E-state index is 0. The Kier molecular flexibility index (Phi) is 7.70. The summed E-state index contributed by atoms with van der Waals surface area (Å²) in [5.74, 6) is 0.724. The van der Waals surface area contributed by atoms with Crippen molar-refractivity contribution in [1.29, 1.82) is 0 Å². The van der Waals surface area contributed by atoms with Gasteiger partial charge in [0.25, 0.3) is 0 Å². The van der Waals surface area contributed by atoms with E-state index in [1.54, 1.807) is 6.20 Å². The number of hydrogen-bond donors (Lipinski definition) is 0. The Balaban J connectivity index is 0.000000211. The standard InChI is InChI=1S/C27H15N4O.C11H8N.Ir/c1-2-9-17(10-3-1)31-24-20-12-4-6-15-22(20)29-30-26(24)28-27(31)21-14-8-13-19-18-11-5-7-16-23(18)32-25(19)21;1-2-6-10(7-3-1)11-8-4-5-9-12-11;/h1-13,15-16H;1-6,8-9H;/q2*-1;. The number of pyridine rings is 1. The maximum absolute atomic E-state index is 6.29. The summed E-state index contributed by atoms with van der Waals surface area (Å²) in [7, 11) is 0. The minimum Gasteiger partial charge on any atom is -0.501 e. The molecule has 5 aromatic carbocycles. The number of aromatic nitrogens is 5. The molecular formula is C38H23IrN5O-2. The maximum atomic E-state index is 6.29. The fourth-order valence-electron chi connectivity index (χ4n) is 5.51. The molecule has 0 fully saturated rings. The van der Waals surface area contributed by atoms with Crippen molar-refractivity contribution >= 4 is 44.0 Å². The number of furan rings is 1. The van der Waals surface area contributed by atoms with Crippen LogP contribution in [-0.2, 0) is 20.1 Å². The minimum atomic E-state index is 0. The van der Waals surface area contributed by atoms with Crippen molar-refractivity contribution in [1.82, 2.24) is 24.7 Å². The molecule has 217 valence electrons. The predicted octanol–water partition coefficient (Wildman–Crippen LogP) is 8.88. The Morgan fingerprint density at radius 3 is 2.22 bits per heavy atom. The topological polar surface area (TPSA) is 69.6 Å². The van der Waals surface area contributed by atoms with Crippen molar-refractivity contribution in [2.24, 2.45) is 0 Å². The fourth-order valence-corrected chi connectivity index (χ4v) is 5.51. The number of hydrogen-bond acceptors (Lipinski definition) is 5. The summed E-state index contributed by atoms with van der Waals surface area (Å²) in [6.45, 7) is 0. The molecule has 7 heteroatoms. The van der Waals surface area contributed by atoms with Gasteiger partial charge in [-0.25, -0.2) is 0 Å². The molecule has 0 aliphatic carbocycles. The summed E-state index contributed by atoms with van der Waals surface area (Å²) in [4.78, 5) is 9.15. The van der Waals surface area contributed by atoms with E-state index in [-0.39, 0.29) is 20.1 Å². The van der Waals surface area contributed by atoms with Crippen LogP contribution < -0.4 is 0 Å². The van der Waals surface area contributed by atoms with Gasteiger partial charge in [0, 0.05) is 42.8 Å². The van der Waals surface area contributed by atoms with E-state index in [9.17, 15) is 0 Å². The van der Waals surface area contributed by atoms with Gasteiger partial charge >= 0.3 is 0 Å². The molecule has 6 nitrogen and oxygen atoms in total. The second-order valence-electron chi connectivity index (χ2n) is 10.2. The first-order valence-electron chi connectivity index (χ1n) is 14.2. The van der Waals surface area contributed by atoms with Gasteiger partial charge in [0.2, 0.25) is 0 Å². The summed E-state index contributed by atoms with van der Waals surface area (Å²) in [5, 5.41) is 11.9. The van der Waals surface area contributed by atoms with Crippen molar-refractivity contribution in [2.75, 3.05) is 0 Å². The van der Waals surface area contributed by atoms with Gasteiger partial charge in [-0.3, -0.25) is 4.98 Å². The first kappa shape index (κ1) is 28.3. The first-order valence-corrected chi connectivity index (χ1v) is 14.2. The number of nitrogens with zero attached hydrogens (tertiary/aromatic N) is 5. The molecule has 9 aromatic rings. The second kappa shape index (κ2) is 12.2. The van der Waals surface area contributed by atoms with Gasteiger partial charge in [-0.05, 0) is 36.0 Å². The summed E-state index contributed by atoms with van der Waals surface area (Å²) < 4.78 is 8.42. The smallest absolute Gasteiger partial charge is 0.191 e. The van der Waals surface area contributed by atoms with Gasteiger partial charge in [-0.15, -0.1) is 64.3 Å². The quantitative estimate of drug-likeness (QED) is 0.169. The van der Waals surface area contributed by atoms with Crippen LogP contribution >= 0.6 is 0 Å². The molecule has 4 heterocycles. The fraction of sp³-hybridized carbons (Fsp3) is 0. The van der Waals surface area contributed by atoms with Crippen LogP contribution in [0.1, 0.15) is 0 Å². The average Bonchev–Trinajstić information content (AvgIpc) is 3.69. The Bertz CT molecular complexity index is 2350. The van der Waals surface area contributed by atoms with Crippen LogP contribution in [0.25, 0.3) is 72.3 Å². The van der Waals surface area contributed by atoms with Crippen molar-refractivity contribution in [3.63, 3.8) is 0 Å². The largest absolute Gasteiger partial charge is 0.501 e. The number of imidazole rings is 1. The van der Waals surface area contributed by atoms with E-state index in [1.807, 2.05) is 109 Å². The monoisotopic (exact) mass is 758 g/mol. The average molecular weight is 758 g/mol. The molecule has 0 atom stereocenters. The molecule has 45 heavy (non-hydrogen) atoms. The third-order valence-corrected chi connectivity index (χ3v) is 7.50. The second-order valence-corrected chi connectivity index (χ2v) is 10.2. The Morgan fingerprint density at radius 1 is 0.622 bits per heavy atom. The molecule has 1 radical (unpaired) electrons. The summed E-state index contributed by atoms with van der Waals surface area (Å²) in [6, 6.07) is 50.4. The molecule has 0 bridgehead atoms. The number of fused-ring (bicyclic) bond motifs is 6. The zero-order valence-corrected chi connectivity index (χ0v) is 26.2. The molecule has 0 amide bonds. The van der Waals surface area contributed by atoms with Crippen LogP contribution in [0.15, 0.2) is 144 Å². The van der Waals surface area contributed by atoms with E-state index in [4.69, 9.17) is 9.40 Å². The van der Waals surface area contributed by atoms with E-state index < -0.39 is 0 Å². The summed E-state index contributed by atoms with van der Waals surface area (Å²) in [5.41, 5.74) is 7.73. The van der Waals surface area contributed by atoms with Crippen LogP contribution in [0.3, 0.4) is 0 Å². The zero-order chi connectivity index (χ0) is 29.3. The summed E-state index contributed by atoms with van der Waals surface area (Å²) in [6.07, 6.45) is 1.79. The van der Waals surface area contributed by atoms with Crippen LogP contribution in [0.5, 0.6) is 0 Å². The molecular weight excluding hydrogens is 735 g/mol. The molecule has 0 spiro atoms. The van der Waals surface area contributed by atoms with Crippen molar-refractivity contribution < 1.29 is 24.5 Å². The van der Waals surface area contributed by atoms with Crippen LogP contribution in [0.4, 0.5) is 0 Å². The third-order valence-electron chi connectivity index (χ3n) is 7.50. The predicted molar refractivity (Wildman–Crippen MR) is 174 cm³/mol. The van der Waals surface area contributed by atoms with Gasteiger partial charge in [-0.2, -0.15) is 0 Å². The molecule has 0 aliphatic heterocycles. The molecule has 0 N–H and O–H groups in total. The molecule has 0 unspecified atom stereocenters. The van der Waals surface area contributed by atoms with Gasteiger partial charge in [0.1, 0.15) is 5.58 Å². The van der Waals surface area contributed by atoms with Crippen molar-refractivity contribution in [3.05, 3.63) is 152 Å². The Hall–Kier alpha value is -5.49. The SMILES string of the molecule is [Ir].[c-]1ccc2c(oc3ccccc32)c1-c1nc2nnc3ccccc3c2n1-c1ccccc1.[c-]1ccccc1-c1ccccn1. The molecule has 9 rings (SSSR count). The van der Waals surface area contributed by atoms with Crippen molar-refractivity contribution in [3.8, 4) is 28.3 Å². The third kappa shape index (κ3) is 5.18. The zero-order valence-electron chi connectivity index (χ0n) is 23.8. The van der Waals surface area contributed by atoms with Crippen molar-refractivity contribution in [2.45, 2.75) is 0 Å². The molecule has 0 saturated heterocycles. The van der Waals surface area contributed by atoms with E-state index >= 15 is 0 Å². The van der Waals surface area contributed by atoms with Gasteiger partial charge in [-0.1, -0.05) is 77.7 Å². The normalized spacial score (nSPS) is 10.9. The first-order chi connectivity index (χ1) is 21.8. The van der Waals surface area contributed by atoms with Crippen LogP contribution in [0.2, 0.25) is 0 Å². The number of benzene rings is 5. The molecule has 0 saturated carbocycles. The maximum Gasteiger partial charge on any atom is 0.191 e. The molecule has 4 aromatic heterocycles.